The van der Waals surface area contributed by atoms with Gasteiger partial charge in [0, 0.05) is 45.6 Å². The minimum absolute atomic E-state index is 0. The summed E-state index contributed by atoms with van der Waals surface area (Å²) in [5.74, 6) is 0.929. The molecule has 4 rings (SSSR count). The van der Waals surface area contributed by atoms with E-state index in [1.54, 1.807) is 60.9 Å². The summed E-state index contributed by atoms with van der Waals surface area (Å²) in [5, 5.41) is 28.3. The Morgan fingerprint density at radius 3 is 1.50 bits per heavy atom. The van der Waals surface area contributed by atoms with Crippen LogP contribution in [0, 0.1) is 0 Å². The van der Waals surface area contributed by atoms with Crippen molar-refractivity contribution in [3.63, 3.8) is 0 Å². The van der Waals surface area contributed by atoms with Gasteiger partial charge in [0.25, 0.3) is 0 Å². The van der Waals surface area contributed by atoms with E-state index in [2.05, 4.69) is 10.2 Å². The first kappa shape index (κ1) is 17.8. The van der Waals surface area contributed by atoms with Gasteiger partial charge in [-0.2, -0.15) is 0 Å². The number of nitrogens with zero attached hydrogens (tertiary/aromatic N) is 4. The van der Waals surface area contributed by atoms with E-state index in [4.69, 9.17) is 4.74 Å². The van der Waals surface area contributed by atoms with E-state index in [-0.39, 0.29) is 32.6 Å². The number of ether oxygens (including phenoxy) is 1. The van der Waals surface area contributed by atoms with Crippen LogP contribution in [0.2, 0.25) is 0 Å². The van der Waals surface area contributed by atoms with Gasteiger partial charge in [0.2, 0.25) is 11.8 Å². The SMILES string of the molecule is Oc1ccccc1-n1ccc(Oc2ccn(-c3ccccc3O)n2)n1.[Pt]. The van der Waals surface area contributed by atoms with Crippen LogP contribution in [0.5, 0.6) is 23.3 Å². The predicted octanol–water partition coefficient (Wildman–Crippen LogP) is 3.26. The van der Waals surface area contributed by atoms with Crippen LogP contribution in [0.25, 0.3) is 11.4 Å². The number of aromatic hydroxyl groups is 2. The molecule has 0 bridgehead atoms. The molecule has 8 heteroatoms. The number of para-hydroxylation sites is 4. The standard InChI is InChI=1S/C18H14N4O3.Pt/c23-15-7-3-1-5-13(15)21-11-9-17(19-21)25-18-10-12-22(20-18)14-6-2-4-8-16(14)24;/h1-12,23-24H;. The van der Waals surface area contributed by atoms with E-state index < -0.39 is 0 Å². The van der Waals surface area contributed by atoms with Crippen LogP contribution < -0.4 is 4.74 Å². The van der Waals surface area contributed by atoms with E-state index in [0.29, 0.717) is 23.1 Å². The van der Waals surface area contributed by atoms with Crippen molar-refractivity contribution in [2.75, 3.05) is 0 Å². The molecule has 0 saturated carbocycles. The second-order valence-corrected chi connectivity index (χ2v) is 5.28. The molecule has 2 aromatic carbocycles. The fraction of sp³-hybridized carbons (Fsp3) is 0. The number of hydrogen-bond acceptors (Lipinski definition) is 5. The molecule has 0 aliphatic heterocycles. The van der Waals surface area contributed by atoms with Crippen LogP contribution in [-0.4, -0.2) is 29.8 Å². The van der Waals surface area contributed by atoms with Crippen molar-refractivity contribution >= 4 is 0 Å². The molecule has 0 spiro atoms. The number of phenolic OH excluding ortho intramolecular Hbond substituents is 2. The summed E-state index contributed by atoms with van der Waals surface area (Å²) in [6, 6.07) is 17.1. The normalized spacial score (nSPS) is 10.3. The Morgan fingerprint density at radius 1 is 0.654 bits per heavy atom. The van der Waals surface area contributed by atoms with Crippen molar-refractivity contribution in [1.29, 1.82) is 0 Å². The quantitative estimate of drug-likeness (QED) is 0.424. The number of hydrogen-bond donors (Lipinski definition) is 2. The second-order valence-electron chi connectivity index (χ2n) is 5.28. The maximum atomic E-state index is 9.88. The van der Waals surface area contributed by atoms with E-state index in [1.165, 1.54) is 9.36 Å². The van der Waals surface area contributed by atoms with E-state index in [1.807, 2.05) is 12.1 Å². The van der Waals surface area contributed by atoms with Crippen LogP contribution in [0.3, 0.4) is 0 Å². The Kier molecular flexibility index (Phi) is 5.09. The Morgan fingerprint density at radius 2 is 1.08 bits per heavy atom. The molecule has 0 aliphatic carbocycles. The van der Waals surface area contributed by atoms with Gasteiger partial charge in [-0.1, -0.05) is 24.3 Å². The molecule has 0 saturated heterocycles. The Balaban J connectivity index is 0.00000196. The minimum atomic E-state index is 0. The van der Waals surface area contributed by atoms with Crippen molar-refractivity contribution in [3.05, 3.63) is 73.1 Å². The molecule has 0 unspecified atom stereocenters. The minimum Gasteiger partial charge on any atom is -0.506 e. The summed E-state index contributed by atoms with van der Waals surface area (Å²) >= 11 is 0. The number of rotatable bonds is 4. The van der Waals surface area contributed by atoms with Gasteiger partial charge >= 0.3 is 0 Å². The first-order valence-electron chi connectivity index (χ1n) is 7.57. The van der Waals surface area contributed by atoms with Gasteiger partial charge in [-0.25, -0.2) is 9.36 Å². The average molecular weight is 529 g/mol. The van der Waals surface area contributed by atoms with Gasteiger partial charge in [0.05, 0.1) is 0 Å². The third kappa shape index (κ3) is 3.48. The van der Waals surface area contributed by atoms with Crippen LogP contribution in [0.15, 0.2) is 73.1 Å². The van der Waals surface area contributed by atoms with Crippen LogP contribution in [0.4, 0.5) is 0 Å². The molecule has 2 N–H and O–H groups in total. The van der Waals surface area contributed by atoms with Crippen molar-refractivity contribution in [3.8, 4) is 34.6 Å². The van der Waals surface area contributed by atoms with Gasteiger partial charge in [-0.3, -0.25) is 0 Å². The predicted molar refractivity (Wildman–Crippen MR) is 90.5 cm³/mol. The first-order chi connectivity index (χ1) is 12.2. The van der Waals surface area contributed by atoms with Gasteiger partial charge in [0.1, 0.15) is 22.9 Å². The molecule has 0 aliphatic rings. The molecule has 0 radical (unpaired) electrons. The van der Waals surface area contributed by atoms with Crippen molar-refractivity contribution < 1.29 is 36.0 Å². The zero-order chi connectivity index (χ0) is 17.2. The monoisotopic (exact) mass is 529 g/mol. The third-order valence-corrected chi connectivity index (χ3v) is 3.60. The Bertz CT molecular complexity index is 947. The van der Waals surface area contributed by atoms with Gasteiger partial charge in [0.15, 0.2) is 0 Å². The molecule has 134 valence electrons. The fourth-order valence-electron chi connectivity index (χ4n) is 2.41. The van der Waals surface area contributed by atoms with Crippen molar-refractivity contribution in [2.45, 2.75) is 0 Å². The Labute approximate surface area is 163 Å². The summed E-state index contributed by atoms with van der Waals surface area (Å²) in [7, 11) is 0. The topological polar surface area (TPSA) is 85.3 Å². The molecule has 4 aromatic rings. The zero-order valence-electron chi connectivity index (χ0n) is 13.3. The molecule has 0 fully saturated rings. The largest absolute Gasteiger partial charge is 0.506 e. The zero-order valence-corrected chi connectivity index (χ0v) is 15.6. The van der Waals surface area contributed by atoms with E-state index in [0.717, 1.165) is 0 Å². The molecule has 7 nitrogen and oxygen atoms in total. The number of phenols is 2. The summed E-state index contributed by atoms with van der Waals surface area (Å²) in [5.41, 5.74) is 1.11. The van der Waals surface area contributed by atoms with Gasteiger partial charge < -0.3 is 14.9 Å². The molecule has 0 atom stereocenters. The summed E-state index contributed by atoms with van der Waals surface area (Å²) in [4.78, 5) is 0. The van der Waals surface area contributed by atoms with Crippen LogP contribution in [-0.2, 0) is 21.1 Å². The smallest absolute Gasteiger partial charge is 0.240 e. The third-order valence-electron chi connectivity index (χ3n) is 3.60. The van der Waals surface area contributed by atoms with Crippen molar-refractivity contribution in [2.24, 2.45) is 0 Å². The summed E-state index contributed by atoms with van der Waals surface area (Å²) in [6.45, 7) is 0. The Hall–Kier alpha value is -3.05. The maximum Gasteiger partial charge on any atom is 0.240 e. The number of benzene rings is 2. The summed E-state index contributed by atoms with van der Waals surface area (Å²) in [6.07, 6.45) is 3.37. The molecular weight excluding hydrogens is 515 g/mol. The summed E-state index contributed by atoms with van der Waals surface area (Å²) < 4.78 is 8.67. The first-order valence-corrected chi connectivity index (χ1v) is 7.57. The van der Waals surface area contributed by atoms with Crippen molar-refractivity contribution in [1.82, 2.24) is 19.6 Å². The number of aromatic nitrogens is 4. The van der Waals surface area contributed by atoms with Gasteiger partial charge in [-0.05, 0) is 24.3 Å². The molecule has 2 heterocycles. The van der Waals surface area contributed by atoms with Gasteiger partial charge in [-0.15, -0.1) is 10.2 Å². The fourth-order valence-corrected chi connectivity index (χ4v) is 2.41. The van der Waals surface area contributed by atoms with Crippen LogP contribution in [0.1, 0.15) is 0 Å². The van der Waals surface area contributed by atoms with E-state index in [9.17, 15) is 10.2 Å². The molecule has 26 heavy (non-hydrogen) atoms. The molecule has 2 aromatic heterocycles. The maximum absolute atomic E-state index is 9.88. The molecular formula is C18H14N4O3Pt. The second kappa shape index (κ2) is 7.45. The molecule has 0 amide bonds. The van der Waals surface area contributed by atoms with Crippen LogP contribution >= 0.6 is 0 Å². The van der Waals surface area contributed by atoms with E-state index >= 15 is 0 Å². The average Bonchev–Trinajstić information content (AvgIpc) is 3.26.